The van der Waals surface area contributed by atoms with Gasteiger partial charge in [-0.15, -0.1) is 11.3 Å². The maximum atomic E-state index is 13.0. The molecule has 186 valence electrons. The first kappa shape index (κ1) is 26.8. The van der Waals surface area contributed by atoms with E-state index in [2.05, 4.69) is 24.6 Å². The Morgan fingerprint density at radius 3 is 2.47 bits per heavy atom. The molecule has 1 aromatic heterocycles. The van der Waals surface area contributed by atoms with Gasteiger partial charge in [-0.05, 0) is 49.4 Å². The van der Waals surface area contributed by atoms with Gasteiger partial charge in [-0.3, -0.25) is 4.79 Å². The van der Waals surface area contributed by atoms with E-state index in [9.17, 15) is 14.9 Å². The minimum atomic E-state index is -0.413. The summed E-state index contributed by atoms with van der Waals surface area (Å²) in [5, 5.41) is 9.44. The van der Waals surface area contributed by atoms with Crippen molar-refractivity contribution in [2.24, 2.45) is 4.99 Å². The molecule has 0 aliphatic heterocycles. The Hall–Kier alpha value is -3.76. The highest BCUT2D eigenvalue weighted by Gasteiger charge is 2.22. The molecule has 0 bridgehead atoms. The zero-order valence-electron chi connectivity index (χ0n) is 21.0. The number of unbranched alkanes of at least 4 members (excludes halogenated alkanes) is 2. The summed E-state index contributed by atoms with van der Waals surface area (Å²) in [6.07, 6.45) is 3.76. The molecule has 0 atom stereocenters. The molecule has 1 heterocycles. The van der Waals surface area contributed by atoms with Gasteiger partial charge in [0.05, 0.1) is 24.8 Å². The first-order valence-electron chi connectivity index (χ1n) is 12.1. The molecule has 2 aromatic carbocycles. The van der Waals surface area contributed by atoms with E-state index in [1.165, 1.54) is 11.3 Å². The van der Waals surface area contributed by atoms with E-state index in [4.69, 9.17) is 4.74 Å². The summed E-state index contributed by atoms with van der Waals surface area (Å²) in [4.78, 5) is 31.1. The first-order chi connectivity index (χ1) is 17.4. The van der Waals surface area contributed by atoms with Crippen molar-refractivity contribution in [3.8, 4) is 17.2 Å². The molecule has 1 amide bonds. The van der Waals surface area contributed by atoms with Crippen LogP contribution >= 0.6 is 11.3 Å². The van der Waals surface area contributed by atoms with E-state index in [1.807, 2.05) is 42.5 Å². The van der Waals surface area contributed by atoms with Gasteiger partial charge >= 0.3 is 5.97 Å². The molecule has 0 saturated carbocycles. The van der Waals surface area contributed by atoms with E-state index in [1.54, 1.807) is 24.5 Å². The van der Waals surface area contributed by atoms with Crippen LogP contribution in [0.25, 0.3) is 11.1 Å². The number of aromatic nitrogens is 1. The number of thiazole rings is 1. The second-order valence-corrected chi connectivity index (χ2v) is 9.53. The summed E-state index contributed by atoms with van der Waals surface area (Å²) in [6.45, 7) is 9.84. The third-order valence-corrected chi connectivity index (χ3v) is 6.81. The van der Waals surface area contributed by atoms with Crippen LogP contribution < -0.4 is 4.80 Å². The van der Waals surface area contributed by atoms with Crippen molar-refractivity contribution >= 4 is 23.2 Å². The first-order valence-corrected chi connectivity index (χ1v) is 12.9. The summed E-state index contributed by atoms with van der Waals surface area (Å²) < 4.78 is 7.17. The number of aryl methyl sites for hydroxylation is 1. The standard InChI is InChI=1S/C29H31N3O3S/c1-5-7-8-13-25-26(28(34)35-6-2)32(29(36-25)31-27(33)20(3)4)19-21-14-16-22(17-15-21)24-12-10-9-11-23(24)18-30/h9-12,14-17H,3,5-8,13,19H2,1-2,4H3. The minimum Gasteiger partial charge on any atom is -0.461 e. The molecule has 0 radical (unpaired) electrons. The second-order valence-electron chi connectivity index (χ2n) is 8.47. The molecule has 3 aromatic rings. The van der Waals surface area contributed by atoms with E-state index < -0.39 is 11.9 Å². The van der Waals surface area contributed by atoms with E-state index in [-0.39, 0.29) is 6.61 Å². The van der Waals surface area contributed by atoms with Gasteiger partial charge in [-0.1, -0.05) is 68.8 Å². The molecular weight excluding hydrogens is 470 g/mol. The van der Waals surface area contributed by atoms with Crippen LogP contribution in [-0.4, -0.2) is 23.1 Å². The Morgan fingerprint density at radius 1 is 1.11 bits per heavy atom. The number of nitriles is 1. The van der Waals surface area contributed by atoms with Crippen molar-refractivity contribution in [3.63, 3.8) is 0 Å². The van der Waals surface area contributed by atoms with Crippen LogP contribution in [0.15, 0.2) is 65.7 Å². The molecule has 36 heavy (non-hydrogen) atoms. The number of carbonyl (C=O) groups excluding carboxylic acids is 2. The van der Waals surface area contributed by atoms with E-state index in [0.29, 0.717) is 34.6 Å². The lowest BCUT2D eigenvalue weighted by atomic mass is 9.99. The van der Waals surface area contributed by atoms with Gasteiger partial charge < -0.3 is 9.30 Å². The van der Waals surface area contributed by atoms with Crippen molar-refractivity contribution in [2.45, 2.75) is 53.0 Å². The maximum absolute atomic E-state index is 13.0. The topological polar surface area (TPSA) is 84.5 Å². The molecule has 0 aliphatic carbocycles. The smallest absolute Gasteiger partial charge is 0.356 e. The van der Waals surface area contributed by atoms with Crippen molar-refractivity contribution in [1.29, 1.82) is 5.26 Å². The van der Waals surface area contributed by atoms with Crippen molar-refractivity contribution < 1.29 is 14.3 Å². The largest absolute Gasteiger partial charge is 0.461 e. The molecule has 0 N–H and O–H groups in total. The molecule has 7 heteroatoms. The Balaban J connectivity index is 2.07. The maximum Gasteiger partial charge on any atom is 0.356 e. The third-order valence-electron chi connectivity index (χ3n) is 5.67. The highest BCUT2D eigenvalue weighted by molar-refractivity contribution is 7.09. The zero-order chi connectivity index (χ0) is 26.1. The number of esters is 1. The number of amides is 1. The Morgan fingerprint density at radius 2 is 1.83 bits per heavy atom. The average Bonchev–Trinajstić information content (AvgIpc) is 3.21. The number of hydrogen-bond donors (Lipinski definition) is 0. The molecule has 0 aliphatic rings. The quantitative estimate of drug-likeness (QED) is 0.192. The van der Waals surface area contributed by atoms with E-state index in [0.717, 1.165) is 40.8 Å². The fourth-order valence-corrected chi connectivity index (χ4v) is 4.96. The Labute approximate surface area is 216 Å². The number of ether oxygens (including phenoxy) is 1. The number of rotatable bonds is 10. The molecule has 0 spiro atoms. The van der Waals surface area contributed by atoms with Crippen molar-refractivity contribution in [1.82, 2.24) is 4.57 Å². The molecular formula is C29H31N3O3S. The van der Waals surface area contributed by atoms with Crippen LogP contribution in [0.2, 0.25) is 0 Å². The zero-order valence-corrected chi connectivity index (χ0v) is 21.9. The van der Waals surface area contributed by atoms with Crippen LogP contribution in [-0.2, 0) is 22.5 Å². The van der Waals surface area contributed by atoms with Crippen molar-refractivity contribution in [2.75, 3.05) is 6.61 Å². The molecule has 3 rings (SSSR count). The van der Waals surface area contributed by atoms with Crippen LogP contribution in [0.3, 0.4) is 0 Å². The van der Waals surface area contributed by atoms with Crippen LogP contribution in [0.4, 0.5) is 0 Å². The van der Waals surface area contributed by atoms with Gasteiger partial charge in [-0.2, -0.15) is 10.3 Å². The lowest BCUT2D eigenvalue weighted by Gasteiger charge is -2.11. The highest BCUT2D eigenvalue weighted by atomic mass is 32.1. The molecule has 0 fully saturated rings. The summed E-state index contributed by atoms with van der Waals surface area (Å²) in [5.74, 6) is -0.826. The lowest BCUT2D eigenvalue weighted by Crippen LogP contribution is -2.23. The summed E-state index contributed by atoms with van der Waals surface area (Å²) in [6, 6.07) is 17.5. The predicted octanol–water partition coefficient (Wildman–Crippen LogP) is 6.05. The Kier molecular flexibility index (Phi) is 9.54. The Bertz CT molecular complexity index is 1360. The highest BCUT2D eigenvalue weighted by Crippen LogP contribution is 2.25. The van der Waals surface area contributed by atoms with Gasteiger partial charge in [0.1, 0.15) is 5.69 Å². The second kappa shape index (κ2) is 12.8. The summed E-state index contributed by atoms with van der Waals surface area (Å²) in [5.41, 5.74) is 4.12. The molecule has 0 unspecified atom stereocenters. The minimum absolute atomic E-state index is 0.257. The number of benzene rings is 2. The van der Waals surface area contributed by atoms with Gasteiger partial charge in [0.25, 0.3) is 5.91 Å². The van der Waals surface area contributed by atoms with Gasteiger partial charge in [-0.25, -0.2) is 4.79 Å². The van der Waals surface area contributed by atoms with Gasteiger partial charge in [0.15, 0.2) is 4.80 Å². The number of hydrogen-bond acceptors (Lipinski definition) is 5. The van der Waals surface area contributed by atoms with Crippen LogP contribution in [0.1, 0.15) is 66.5 Å². The van der Waals surface area contributed by atoms with Crippen LogP contribution in [0.5, 0.6) is 0 Å². The van der Waals surface area contributed by atoms with Crippen LogP contribution in [0, 0.1) is 11.3 Å². The number of carbonyl (C=O) groups is 2. The van der Waals surface area contributed by atoms with Crippen molar-refractivity contribution in [3.05, 3.63) is 87.2 Å². The van der Waals surface area contributed by atoms with E-state index >= 15 is 0 Å². The normalized spacial score (nSPS) is 11.2. The van der Waals surface area contributed by atoms with Gasteiger partial charge in [0.2, 0.25) is 0 Å². The average molecular weight is 502 g/mol. The fourth-order valence-electron chi connectivity index (χ4n) is 3.81. The fraction of sp³-hybridized carbons (Fsp3) is 0.310. The summed E-state index contributed by atoms with van der Waals surface area (Å²) in [7, 11) is 0. The predicted molar refractivity (Wildman–Crippen MR) is 143 cm³/mol. The molecule has 0 saturated heterocycles. The summed E-state index contributed by atoms with van der Waals surface area (Å²) >= 11 is 1.36. The molecule has 6 nitrogen and oxygen atoms in total. The van der Waals surface area contributed by atoms with Gasteiger partial charge in [0, 0.05) is 10.5 Å². The third kappa shape index (κ3) is 6.46. The number of nitrogens with zero attached hydrogens (tertiary/aromatic N) is 3. The SMILES string of the molecule is C=C(C)C(=O)N=c1sc(CCCCC)c(C(=O)OCC)n1Cc1ccc(-c2ccccc2C#N)cc1. The monoisotopic (exact) mass is 501 g/mol. The lowest BCUT2D eigenvalue weighted by molar-refractivity contribution is -0.114.